The summed E-state index contributed by atoms with van der Waals surface area (Å²) in [5.74, 6) is 0.850. The number of aromatic amines is 2. The van der Waals surface area contributed by atoms with Gasteiger partial charge in [-0.3, -0.25) is 9.89 Å². The average molecular weight is 312 g/mol. The van der Waals surface area contributed by atoms with Gasteiger partial charge in [-0.25, -0.2) is 0 Å². The summed E-state index contributed by atoms with van der Waals surface area (Å²) in [7, 11) is 3.10. The van der Waals surface area contributed by atoms with Gasteiger partial charge in [-0.1, -0.05) is 0 Å². The highest BCUT2D eigenvalue weighted by atomic mass is 16.5. The first-order chi connectivity index (χ1) is 11.2. The molecule has 0 aliphatic rings. The number of methoxy groups -OCH3 is 2. The van der Waals surface area contributed by atoms with Gasteiger partial charge in [-0.2, -0.15) is 5.10 Å². The van der Waals surface area contributed by atoms with Gasteiger partial charge >= 0.3 is 0 Å². The molecule has 0 bridgehead atoms. The van der Waals surface area contributed by atoms with Crippen molar-refractivity contribution in [3.05, 3.63) is 48.3 Å². The van der Waals surface area contributed by atoms with E-state index < -0.39 is 0 Å². The first-order valence-electron chi connectivity index (χ1n) is 6.94. The van der Waals surface area contributed by atoms with E-state index in [0.29, 0.717) is 28.6 Å². The van der Waals surface area contributed by atoms with Gasteiger partial charge in [-0.15, -0.1) is 0 Å². The van der Waals surface area contributed by atoms with Crippen LogP contribution in [0.4, 0.5) is 5.69 Å². The molecular weight excluding hydrogens is 296 g/mol. The number of amides is 1. The van der Waals surface area contributed by atoms with Crippen molar-refractivity contribution >= 4 is 11.6 Å². The Morgan fingerprint density at radius 3 is 2.74 bits per heavy atom. The molecule has 0 aliphatic heterocycles. The van der Waals surface area contributed by atoms with E-state index in [2.05, 4.69) is 20.5 Å². The Bertz CT molecular complexity index is 809. The summed E-state index contributed by atoms with van der Waals surface area (Å²) in [6, 6.07) is 10.6. The monoisotopic (exact) mass is 312 g/mol. The van der Waals surface area contributed by atoms with Crippen LogP contribution in [-0.2, 0) is 0 Å². The minimum absolute atomic E-state index is 0.318. The molecule has 2 aromatic heterocycles. The maximum absolute atomic E-state index is 12.4. The second-order valence-electron chi connectivity index (χ2n) is 4.77. The van der Waals surface area contributed by atoms with Crippen LogP contribution in [-0.4, -0.2) is 35.3 Å². The highest BCUT2D eigenvalue weighted by molar-refractivity contribution is 6.04. The third-order valence-corrected chi connectivity index (χ3v) is 3.35. The highest BCUT2D eigenvalue weighted by Gasteiger charge is 2.14. The molecule has 0 fully saturated rings. The van der Waals surface area contributed by atoms with Crippen molar-refractivity contribution in [3.63, 3.8) is 0 Å². The van der Waals surface area contributed by atoms with E-state index in [-0.39, 0.29) is 5.91 Å². The summed E-state index contributed by atoms with van der Waals surface area (Å²) in [4.78, 5) is 15.4. The number of nitrogens with one attached hydrogen (secondary N) is 3. The average Bonchev–Trinajstić information content (AvgIpc) is 3.25. The van der Waals surface area contributed by atoms with Crippen LogP contribution < -0.4 is 14.8 Å². The van der Waals surface area contributed by atoms with E-state index in [0.717, 1.165) is 5.69 Å². The maximum Gasteiger partial charge on any atom is 0.273 e. The fourth-order valence-corrected chi connectivity index (χ4v) is 2.17. The Kier molecular flexibility index (Phi) is 4.01. The predicted molar refractivity (Wildman–Crippen MR) is 85.9 cm³/mol. The van der Waals surface area contributed by atoms with Crippen LogP contribution in [0.3, 0.4) is 0 Å². The molecule has 0 radical (unpaired) electrons. The minimum Gasteiger partial charge on any atom is -0.497 e. The van der Waals surface area contributed by atoms with Crippen LogP contribution in [0.1, 0.15) is 10.5 Å². The zero-order chi connectivity index (χ0) is 16.2. The zero-order valence-electron chi connectivity index (χ0n) is 12.7. The van der Waals surface area contributed by atoms with Crippen LogP contribution in [0.2, 0.25) is 0 Å². The van der Waals surface area contributed by atoms with Gasteiger partial charge in [0.05, 0.1) is 25.6 Å². The van der Waals surface area contributed by atoms with Gasteiger partial charge < -0.3 is 19.8 Å². The van der Waals surface area contributed by atoms with Gasteiger partial charge in [0.15, 0.2) is 0 Å². The Morgan fingerprint density at radius 2 is 2.04 bits per heavy atom. The molecule has 0 atom stereocenters. The number of hydrogen-bond donors (Lipinski definition) is 3. The van der Waals surface area contributed by atoms with Crippen LogP contribution in [0.25, 0.3) is 11.4 Å². The van der Waals surface area contributed by atoms with Gasteiger partial charge in [-0.05, 0) is 30.3 Å². The molecule has 3 aromatic rings. The summed E-state index contributed by atoms with van der Waals surface area (Å²) in [5, 5.41) is 9.64. The van der Waals surface area contributed by atoms with E-state index >= 15 is 0 Å². The SMILES string of the molecule is COc1ccc(OC)c(NC(=O)c2cc(-c3ccc[nH]3)n[nH]2)c1. The van der Waals surface area contributed by atoms with Crippen molar-refractivity contribution in [3.8, 4) is 22.9 Å². The van der Waals surface area contributed by atoms with Crippen LogP contribution in [0.15, 0.2) is 42.6 Å². The fraction of sp³-hybridized carbons (Fsp3) is 0.125. The molecule has 7 heteroatoms. The van der Waals surface area contributed by atoms with E-state index in [1.165, 1.54) is 7.11 Å². The summed E-state index contributed by atoms with van der Waals surface area (Å²) in [6.45, 7) is 0. The Hall–Kier alpha value is -3.22. The lowest BCUT2D eigenvalue weighted by Gasteiger charge is -2.11. The molecule has 118 valence electrons. The predicted octanol–water partition coefficient (Wildman–Crippen LogP) is 2.67. The zero-order valence-corrected chi connectivity index (χ0v) is 12.7. The molecule has 2 heterocycles. The molecule has 0 saturated carbocycles. The van der Waals surface area contributed by atoms with Gasteiger partial charge in [0.25, 0.3) is 5.91 Å². The van der Waals surface area contributed by atoms with E-state index in [9.17, 15) is 4.79 Å². The molecule has 0 spiro atoms. The third-order valence-electron chi connectivity index (χ3n) is 3.35. The van der Waals surface area contributed by atoms with Crippen molar-refractivity contribution in [2.24, 2.45) is 0 Å². The number of hydrogen-bond acceptors (Lipinski definition) is 4. The van der Waals surface area contributed by atoms with Crippen LogP contribution >= 0.6 is 0 Å². The first-order valence-corrected chi connectivity index (χ1v) is 6.94. The number of ether oxygens (including phenoxy) is 2. The number of aromatic nitrogens is 3. The largest absolute Gasteiger partial charge is 0.497 e. The normalized spacial score (nSPS) is 10.3. The Labute approximate surface area is 132 Å². The molecule has 3 rings (SSSR count). The number of nitrogens with zero attached hydrogens (tertiary/aromatic N) is 1. The highest BCUT2D eigenvalue weighted by Crippen LogP contribution is 2.29. The molecule has 1 amide bonds. The Morgan fingerprint density at radius 1 is 1.17 bits per heavy atom. The van der Waals surface area contributed by atoms with Gasteiger partial charge in [0.1, 0.15) is 22.9 Å². The van der Waals surface area contributed by atoms with E-state index in [1.54, 1.807) is 37.6 Å². The maximum atomic E-state index is 12.4. The third kappa shape index (κ3) is 3.03. The number of anilines is 1. The number of carbonyl (C=O) groups is 1. The second-order valence-corrected chi connectivity index (χ2v) is 4.77. The summed E-state index contributed by atoms with van der Waals surface area (Å²) >= 11 is 0. The molecule has 3 N–H and O–H groups in total. The Balaban J connectivity index is 1.82. The summed E-state index contributed by atoms with van der Waals surface area (Å²) in [5.41, 5.74) is 2.37. The smallest absolute Gasteiger partial charge is 0.273 e. The minimum atomic E-state index is -0.318. The van der Waals surface area contributed by atoms with Crippen molar-refractivity contribution in [1.29, 1.82) is 0 Å². The standard InChI is InChI=1S/C16H16N4O3/c1-22-10-5-6-15(23-2)13(8-10)18-16(21)14-9-12(19-20-14)11-4-3-7-17-11/h3-9,17H,1-2H3,(H,18,21)(H,19,20). The van der Waals surface area contributed by atoms with Crippen molar-refractivity contribution in [1.82, 2.24) is 15.2 Å². The van der Waals surface area contributed by atoms with Gasteiger partial charge in [0, 0.05) is 12.3 Å². The molecule has 7 nitrogen and oxygen atoms in total. The van der Waals surface area contributed by atoms with E-state index in [1.807, 2.05) is 12.1 Å². The number of carbonyl (C=O) groups excluding carboxylic acids is 1. The number of benzene rings is 1. The van der Waals surface area contributed by atoms with Crippen LogP contribution in [0, 0.1) is 0 Å². The topological polar surface area (TPSA) is 92.0 Å². The second kappa shape index (κ2) is 6.27. The van der Waals surface area contributed by atoms with Crippen molar-refractivity contribution < 1.29 is 14.3 Å². The fourth-order valence-electron chi connectivity index (χ4n) is 2.17. The molecule has 0 unspecified atom stereocenters. The van der Waals surface area contributed by atoms with Crippen LogP contribution in [0.5, 0.6) is 11.5 Å². The van der Waals surface area contributed by atoms with Gasteiger partial charge in [0.2, 0.25) is 0 Å². The summed E-state index contributed by atoms with van der Waals surface area (Å²) < 4.78 is 10.4. The molecular formula is C16H16N4O3. The number of H-pyrrole nitrogens is 2. The van der Waals surface area contributed by atoms with Crippen molar-refractivity contribution in [2.75, 3.05) is 19.5 Å². The number of rotatable bonds is 5. The van der Waals surface area contributed by atoms with E-state index in [4.69, 9.17) is 9.47 Å². The lowest BCUT2D eigenvalue weighted by molar-refractivity contribution is 0.102. The lowest BCUT2D eigenvalue weighted by atomic mass is 10.2. The molecule has 1 aromatic carbocycles. The quantitative estimate of drug-likeness (QED) is 0.675. The summed E-state index contributed by atoms with van der Waals surface area (Å²) in [6.07, 6.45) is 1.80. The van der Waals surface area contributed by atoms with Crippen molar-refractivity contribution in [2.45, 2.75) is 0 Å². The lowest BCUT2D eigenvalue weighted by Crippen LogP contribution is -2.13. The first kappa shape index (κ1) is 14.7. The molecule has 0 saturated heterocycles. The molecule has 23 heavy (non-hydrogen) atoms. The molecule has 0 aliphatic carbocycles.